The summed E-state index contributed by atoms with van der Waals surface area (Å²) in [6.45, 7) is 5.73. The van der Waals surface area contributed by atoms with Gasteiger partial charge in [0.15, 0.2) is 0 Å². The second-order valence-corrected chi connectivity index (χ2v) is 10.4. The van der Waals surface area contributed by atoms with Gasteiger partial charge in [-0.05, 0) is 50.7 Å². The number of fused-ring (bicyclic) bond motifs is 1. The third-order valence-electron chi connectivity index (χ3n) is 7.79. The van der Waals surface area contributed by atoms with Crippen LogP contribution in [0, 0.1) is 5.92 Å². The molecule has 4 heterocycles. The van der Waals surface area contributed by atoms with Gasteiger partial charge in [-0.1, -0.05) is 12.6 Å². The number of anilines is 1. The summed E-state index contributed by atoms with van der Waals surface area (Å²) >= 11 is 0. The van der Waals surface area contributed by atoms with E-state index in [1.165, 1.54) is 0 Å². The summed E-state index contributed by atoms with van der Waals surface area (Å²) in [6.07, 6.45) is 8.52. The maximum Gasteiger partial charge on any atom is 0.264 e. The van der Waals surface area contributed by atoms with Crippen LogP contribution < -0.4 is 10.6 Å². The molecule has 192 valence electrons. The fourth-order valence-electron chi connectivity index (χ4n) is 5.55. The minimum atomic E-state index is -0.838. The highest BCUT2D eigenvalue weighted by Gasteiger charge is 2.45. The summed E-state index contributed by atoms with van der Waals surface area (Å²) in [5.41, 5.74) is 2.70. The molecule has 2 saturated heterocycles. The molecule has 4 amide bonds. The van der Waals surface area contributed by atoms with Gasteiger partial charge in [0.2, 0.25) is 11.8 Å². The van der Waals surface area contributed by atoms with Gasteiger partial charge in [0, 0.05) is 48.7 Å². The minimum Gasteiger partial charge on any atom is -0.380 e. The first-order chi connectivity index (χ1) is 17.9. The van der Waals surface area contributed by atoms with Crippen LogP contribution in [0.5, 0.6) is 0 Å². The van der Waals surface area contributed by atoms with E-state index in [1.54, 1.807) is 24.4 Å². The number of likely N-dealkylation sites (tertiary alicyclic amines) is 1. The number of hydrogen-bond donors (Lipinski definition) is 2. The predicted molar refractivity (Wildman–Crippen MR) is 134 cm³/mol. The zero-order valence-corrected chi connectivity index (χ0v) is 20.6. The van der Waals surface area contributed by atoms with Gasteiger partial charge in [-0.3, -0.25) is 28.8 Å². The Hall–Kier alpha value is -3.95. The molecular formula is C27H30N6O4. The number of imide groups is 1. The van der Waals surface area contributed by atoms with Crippen molar-refractivity contribution in [3.05, 3.63) is 59.6 Å². The number of carbonyl (C=O) groups is 4. The van der Waals surface area contributed by atoms with Crippen LogP contribution in [0.1, 0.15) is 70.8 Å². The number of piperidine rings is 2. The van der Waals surface area contributed by atoms with E-state index >= 15 is 0 Å². The van der Waals surface area contributed by atoms with Crippen LogP contribution >= 0.6 is 0 Å². The van der Waals surface area contributed by atoms with Crippen molar-refractivity contribution in [3.8, 4) is 0 Å². The van der Waals surface area contributed by atoms with Crippen molar-refractivity contribution in [1.29, 1.82) is 0 Å². The largest absolute Gasteiger partial charge is 0.380 e. The summed E-state index contributed by atoms with van der Waals surface area (Å²) in [5.74, 6) is -0.724. The Morgan fingerprint density at radius 1 is 1.08 bits per heavy atom. The van der Waals surface area contributed by atoms with Crippen LogP contribution in [-0.4, -0.2) is 62.3 Å². The number of aromatic nitrogens is 2. The van der Waals surface area contributed by atoms with E-state index < -0.39 is 17.9 Å². The van der Waals surface area contributed by atoms with Crippen LogP contribution in [0.25, 0.3) is 0 Å². The van der Waals surface area contributed by atoms with Gasteiger partial charge in [-0.2, -0.15) is 5.10 Å². The van der Waals surface area contributed by atoms with Crippen molar-refractivity contribution in [2.45, 2.75) is 57.2 Å². The summed E-state index contributed by atoms with van der Waals surface area (Å²) in [5, 5.41) is 10.5. The Labute approximate surface area is 214 Å². The monoisotopic (exact) mass is 502 g/mol. The van der Waals surface area contributed by atoms with Gasteiger partial charge in [-0.25, -0.2) is 0 Å². The lowest BCUT2D eigenvalue weighted by Crippen LogP contribution is -2.51. The van der Waals surface area contributed by atoms with E-state index in [0.29, 0.717) is 47.8 Å². The van der Waals surface area contributed by atoms with E-state index in [1.807, 2.05) is 15.8 Å². The van der Waals surface area contributed by atoms with Gasteiger partial charge < -0.3 is 15.5 Å². The molecule has 6 rings (SSSR count). The number of nitrogens with one attached hydrogen (secondary N) is 2. The van der Waals surface area contributed by atoms with Crippen LogP contribution in [0.4, 0.5) is 5.69 Å². The maximum atomic E-state index is 13.3. The van der Waals surface area contributed by atoms with E-state index in [-0.39, 0.29) is 17.9 Å². The Kier molecular flexibility index (Phi) is 5.81. The van der Waals surface area contributed by atoms with Crippen LogP contribution in [0.2, 0.25) is 0 Å². The summed E-state index contributed by atoms with van der Waals surface area (Å²) in [7, 11) is 0. The standard InChI is InChI=1S/C27H30N6O4/c1-16-5-8-22(24(34)30-16)33-26(36)20-3-2-4-21(23(20)27(33)37)28-13-17-14-29-32(15-17)19-9-11-31(12-10-19)25(35)18-6-7-18/h2-4,14-15,18-19,22,28H,1,5-13H2,(H,30,34). The Morgan fingerprint density at radius 2 is 1.86 bits per heavy atom. The van der Waals surface area contributed by atoms with Crippen LogP contribution in [-0.2, 0) is 16.1 Å². The number of hydrogen-bond acceptors (Lipinski definition) is 6. The number of rotatable bonds is 6. The highest BCUT2D eigenvalue weighted by atomic mass is 16.2. The molecule has 0 radical (unpaired) electrons. The summed E-state index contributed by atoms with van der Waals surface area (Å²) in [4.78, 5) is 54.3. The maximum absolute atomic E-state index is 13.3. The highest BCUT2D eigenvalue weighted by Crippen LogP contribution is 2.34. The average molecular weight is 503 g/mol. The molecule has 10 heteroatoms. The molecule has 2 N–H and O–H groups in total. The summed E-state index contributed by atoms with van der Waals surface area (Å²) < 4.78 is 1.97. The molecule has 3 aliphatic heterocycles. The second-order valence-electron chi connectivity index (χ2n) is 10.4. The Balaban J connectivity index is 1.11. The fraction of sp³-hybridized carbons (Fsp3) is 0.444. The van der Waals surface area contributed by atoms with Crippen molar-refractivity contribution in [2.24, 2.45) is 5.92 Å². The summed E-state index contributed by atoms with van der Waals surface area (Å²) in [6, 6.07) is 4.55. The zero-order chi connectivity index (χ0) is 25.7. The van der Waals surface area contributed by atoms with Crippen molar-refractivity contribution >= 4 is 29.3 Å². The molecule has 1 unspecified atom stereocenters. The minimum absolute atomic E-state index is 0.253. The van der Waals surface area contributed by atoms with Gasteiger partial charge >= 0.3 is 0 Å². The average Bonchev–Trinajstić information content (AvgIpc) is 3.59. The Bertz CT molecular complexity index is 1300. The number of allylic oxidation sites excluding steroid dienone is 1. The number of nitrogens with zero attached hydrogens (tertiary/aromatic N) is 4. The first-order valence-electron chi connectivity index (χ1n) is 13.0. The van der Waals surface area contributed by atoms with E-state index in [2.05, 4.69) is 22.3 Å². The number of carbonyl (C=O) groups excluding carboxylic acids is 4. The van der Waals surface area contributed by atoms with Gasteiger partial charge in [0.25, 0.3) is 11.8 Å². The van der Waals surface area contributed by atoms with Gasteiger partial charge in [-0.15, -0.1) is 0 Å². The third kappa shape index (κ3) is 4.30. The smallest absolute Gasteiger partial charge is 0.264 e. The predicted octanol–water partition coefficient (Wildman–Crippen LogP) is 2.46. The lowest BCUT2D eigenvalue weighted by Gasteiger charge is -2.32. The zero-order valence-electron chi connectivity index (χ0n) is 20.6. The van der Waals surface area contributed by atoms with Crippen molar-refractivity contribution in [1.82, 2.24) is 24.9 Å². The first-order valence-corrected chi connectivity index (χ1v) is 13.0. The molecule has 4 aliphatic rings. The van der Waals surface area contributed by atoms with Crippen molar-refractivity contribution < 1.29 is 19.2 Å². The highest BCUT2D eigenvalue weighted by molar-refractivity contribution is 6.25. The van der Waals surface area contributed by atoms with E-state index in [9.17, 15) is 19.2 Å². The van der Waals surface area contributed by atoms with Gasteiger partial charge in [0.05, 0.1) is 23.4 Å². The Morgan fingerprint density at radius 3 is 2.59 bits per heavy atom. The topological polar surface area (TPSA) is 117 Å². The lowest BCUT2D eigenvalue weighted by atomic mass is 10.0. The molecule has 1 saturated carbocycles. The molecule has 0 bridgehead atoms. The molecule has 1 aliphatic carbocycles. The van der Waals surface area contributed by atoms with E-state index in [4.69, 9.17) is 0 Å². The van der Waals surface area contributed by atoms with E-state index in [0.717, 1.165) is 49.2 Å². The number of amides is 4. The third-order valence-corrected chi connectivity index (χ3v) is 7.79. The fourth-order valence-corrected chi connectivity index (χ4v) is 5.55. The quantitative estimate of drug-likeness (QED) is 0.586. The molecule has 0 spiro atoms. The van der Waals surface area contributed by atoms with Crippen molar-refractivity contribution in [3.63, 3.8) is 0 Å². The van der Waals surface area contributed by atoms with Crippen molar-refractivity contribution in [2.75, 3.05) is 18.4 Å². The van der Waals surface area contributed by atoms with Crippen LogP contribution in [0.15, 0.2) is 42.9 Å². The SMILES string of the molecule is C=C1CCC(N2C(=O)c3cccc(NCc4cnn(C5CCN(C(=O)C6CC6)CC5)c4)c3C2=O)C(=O)N1. The normalized spacial score (nSPS) is 22.3. The molecule has 37 heavy (non-hydrogen) atoms. The molecule has 2 aromatic rings. The molecule has 10 nitrogen and oxygen atoms in total. The molecular weight excluding hydrogens is 472 g/mol. The number of benzene rings is 1. The van der Waals surface area contributed by atoms with Crippen LogP contribution in [0.3, 0.4) is 0 Å². The molecule has 1 atom stereocenters. The van der Waals surface area contributed by atoms with Gasteiger partial charge in [0.1, 0.15) is 6.04 Å². The second kappa shape index (κ2) is 9.17. The molecule has 1 aromatic heterocycles. The lowest BCUT2D eigenvalue weighted by molar-refractivity contribution is -0.133. The molecule has 3 fully saturated rings. The first kappa shape index (κ1) is 23.4. The molecule has 1 aromatic carbocycles.